The van der Waals surface area contributed by atoms with Gasteiger partial charge in [-0.3, -0.25) is 0 Å². The minimum Gasteiger partial charge on any atom is -0.0917 e. The molecular weight excluding hydrogens is 408 g/mol. The molecule has 1 atom stereocenters. The molecule has 0 N–H and O–H groups in total. The maximum Gasteiger partial charge on any atom is -0.0162 e. The standard InChI is InChI=1S/C34H48/c1-3-4-6-9-28-12-14-29(15-13-28)16-17-30-18-22-33(23-19-30)34-24-20-31(21-25-34)26-27(2)32-10-7-5-8-11-32/h3-5,7-8,10-11,18-19,22-23,27-29,31,34H,6,9,12-17,20-21,24-26H2,1-2H3/t27-,28?,29?,31?,34?/m0/s1. The predicted molar refractivity (Wildman–Crippen MR) is 148 cm³/mol. The van der Waals surface area contributed by atoms with Crippen LogP contribution in [-0.2, 0) is 6.42 Å². The Morgan fingerprint density at radius 3 is 2.00 bits per heavy atom. The average molecular weight is 457 g/mol. The van der Waals surface area contributed by atoms with Crippen LogP contribution in [0.15, 0.2) is 66.7 Å². The smallest absolute Gasteiger partial charge is 0.0162 e. The van der Waals surface area contributed by atoms with Crippen LogP contribution in [0, 0.1) is 17.8 Å². The molecule has 2 aromatic carbocycles. The third kappa shape index (κ3) is 7.59. The minimum absolute atomic E-state index is 0.690. The summed E-state index contributed by atoms with van der Waals surface area (Å²) in [7, 11) is 0. The van der Waals surface area contributed by atoms with Gasteiger partial charge in [-0.2, -0.15) is 0 Å². The highest BCUT2D eigenvalue weighted by atomic mass is 14.3. The molecule has 184 valence electrons. The van der Waals surface area contributed by atoms with Gasteiger partial charge in [-0.15, -0.1) is 0 Å². The van der Waals surface area contributed by atoms with Gasteiger partial charge in [0.25, 0.3) is 0 Å². The Bertz CT molecular complexity index is 829. The van der Waals surface area contributed by atoms with Crippen molar-refractivity contribution in [3.63, 3.8) is 0 Å². The lowest BCUT2D eigenvalue weighted by molar-refractivity contribution is 0.254. The van der Waals surface area contributed by atoms with Crippen LogP contribution in [-0.4, -0.2) is 0 Å². The van der Waals surface area contributed by atoms with Crippen molar-refractivity contribution >= 4 is 0 Å². The highest BCUT2D eigenvalue weighted by molar-refractivity contribution is 5.26. The molecule has 0 unspecified atom stereocenters. The SMILES string of the molecule is CC=CCCC1CCC(CCc2ccc(C3CCC(C[C@H](C)c4ccccc4)CC3)cc2)CC1. The van der Waals surface area contributed by atoms with E-state index in [-0.39, 0.29) is 0 Å². The average Bonchev–Trinajstić information content (AvgIpc) is 2.90. The first-order chi connectivity index (χ1) is 16.7. The molecular formula is C34H48. The summed E-state index contributed by atoms with van der Waals surface area (Å²) in [4.78, 5) is 0. The summed E-state index contributed by atoms with van der Waals surface area (Å²) in [5.41, 5.74) is 4.67. The van der Waals surface area contributed by atoms with E-state index in [0.717, 1.165) is 23.7 Å². The van der Waals surface area contributed by atoms with Gasteiger partial charge in [0.15, 0.2) is 0 Å². The number of rotatable bonds is 10. The van der Waals surface area contributed by atoms with Crippen molar-refractivity contribution < 1.29 is 0 Å². The molecule has 4 rings (SSSR count). The third-order valence-electron chi connectivity index (χ3n) is 9.14. The number of aryl methyl sites for hydroxylation is 1. The van der Waals surface area contributed by atoms with Gasteiger partial charge in [0.05, 0.1) is 0 Å². The number of hydrogen-bond donors (Lipinski definition) is 0. The molecule has 0 saturated heterocycles. The summed E-state index contributed by atoms with van der Waals surface area (Å²) in [6.07, 6.45) is 22.7. The van der Waals surface area contributed by atoms with E-state index >= 15 is 0 Å². The van der Waals surface area contributed by atoms with E-state index in [1.165, 1.54) is 89.0 Å². The second-order valence-corrected chi connectivity index (χ2v) is 11.6. The lowest BCUT2D eigenvalue weighted by atomic mass is 9.75. The summed E-state index contributed by atoms with van der Waals surface area (Å²) < 4.78 is 0. The van der Waals surface area contributed by atoms with Crippen molar-refractivity contribution in [2.45, 2.75) is 109 Å². The van der Waals surface area contributed by atoms with E-state index in [9.17, 15) is 0 Å². The Labute approximate surface area is 210 Å². The van der Waals surface area contributed by atoms with Crippen molar-refractivity contribution in [2.75, 3.05) is 0 Å². The third-order valence-corrected chi connectivity index (χ3v) is 9.14. The van der Waals surface area contributed by atoms with Crippen LogP contribution in [0.5, 0.6) is 0 Å². The van der Waals surface area contributed by atoms with Crippen molar-refractivity contribution in [3.05, 3.63) is 83.4 Å². The van der Waals surface area contributed by atoms with E-state index in [2.05, 4.69) is 80.6 Å². The van der Waals surface area contributed by atoms with Crippen LogP contribution < -0.4 is 0 Å². The molecule has 2 aromatic rings. The molecule has 0 radical (unpaired) electrons. The first-order valence-corrected chi connectivity index (χ1v) is 14.5. The summed E-state index contributed by atoms with van der Waals surface area (Å²) in [5, 5.41) is 0. The van der Waals surface area contributed by atoms with E-state index in [4.69, 9.17) is 0 Å². The van der Waals surface area contributed by atoms with Gasteiger partial charge in [-0.25, -0.2) is 0 Å². The molecule has 0 bridgehead atoms. The monoisotopic (exact) mass is 456 g/mol. The summed E-state index contributed by atoms with van der Waals surface area (Å²) >= 11 is 0. The van der Waals surface area contributed by atoms with Crippen molar-refractivity contribution in [3.8, 4) is 0 Å². The van der Waals surface area contributed by atoms with E-state index in [1.54, 1.807) is 11.1 Å². The van der Waals surface area contributed by atoms with Crippen molar-refractivity contribution in [2.24, 2.45) is 17.8 Å². The molecule has 2 fully saturated rings. The van der Waals surface area contributed by atoms with Crippen molar-refractivity contribution in [1.29, 1.82) is 0 Å². The first kappa shape index (κ1) is 25.3. The van der Waals surface area contributed by atoms with Gasteiger partial charge in [-0.1, -0.05) is 99.4 Å². The fourth-order valence-electron chi connectivity index (χ4n) is 6.78. The van der Waals surface area contributed by atoms with E-state index < -0.39 is 0 Å². The molecule has 2 aliphatic rings. The zero-order chi connectivity index (χ0) is 23.6. The predicted octanol–water partition coefficient (Wildman–Crippen LogP) is 10.2. The Balaban J connectivity index is 1.15. The zero-order valence-corrected chi connectivity index (χ0v) is 21.9. The van der Waals surface area contributed by atoms with Gasteiger partial charge < -0.3 is 0 Å². The fraction of sp³-hybridized carbons (Fsp3) is 0.588. The maximum absolute atomic E-state index is 2.46. The molecule has 2 saturated carbocycles. The van der Waals surface area contributed by atoms with Crippen LogP contribution >= 0.6 is 0 Å². The highest BCUT2D eigenvalue weighted by Crippen LogP contribution is 2.40. The molecule has 0 aromatic heterocycles. The lowest BCUT2D eigenvalue weighted by Gasteiger charge is -2.30. The van der Waals surface area contributed by atoms with Crippen LogP contribution in [0.25, 0.3) is 0 Å². The minimum atomic E-state index is 0.690. The first-order valence-electron chi connectivity index (χ1n) is 14.5. The van der Waals surface area contributed by atoms with Crippen molar-refractivity contribution in [1.82, 2.24) is 0 Å². The summed E-state index contributed by atoms with van der Waals surface area (Å²) in [6.45, 7) is 4.56. The van der Waals surface area contributed by atoms with E-state index in [1.807, 2.05) is 0 Å². The summed E-state index contributed by atoms with van der Waals surface area (Å²) in [6, 6.07) is 20.9. The van der Waals surface area contributed by atoms with Crippen LogP contribution in [0.4, 0.5) is 0 Å². The number of benzene rings is 2. The highest BCUT2D eigenvalue weighted by Gasteiger charge is 2.24. The Morgan fingerprint density at radius 2 is 1.35 bits per heavy atom. The Hall–Kier alpha value is -1.82. The van der Waals surface area contributed by atoms with Crippen LogP contribution in [0.2, 0.25) is 0 Å². The van der Waals surface area contributed by atoms with Gasteiger partial charge in [0.1, 0.15) is 0 Å². The molecule has 2 aliphatic carbocycles. The molecule has 0 amide bonds. The number of hydrogen-bond acceptors (Lipinski definition) is 0. The lowest BCUT2D eigenvalue weighted by Crippen LogP contribution is -2.15. The molecule has 0 nitrogen and oxygen atoms in total. The van der Waals surface area contributed by atoms with Crippen LogP contribution in [0.3, 0.4) is 0 Å². The van der Waals surface area contributed by atoms with Crippen LogP contribution in [0.1, 0.15) is 119 Å². The summed E-state index contributed by atoms with van der Waals surface area (Å²) in [5.74, 6) is 4.34. The topological polar surface area (TPSA) is 0 Å². The largest absolute Gasteiger partial charge is 0.0917 e. The van der Waals surface area contributed by atoms with Gasteiger partial charge >= 0.3 is 0 Å². The Morgan fingerprint density at radius 1 is 0.735 bits per heavy atom. The maximum atomic E-state index is 2.46. The quantitative estimate of drug-likeness (QED) is 0.312. The number of allylic oxidation sites excluding steroid dienone is 2. The Kier molecular flexibility index (Phi) is 9.90. The molecule has 0 heterocycles. The normalized spacial score (nSPS) is 26.5. The van der Waals surface area contributed by atoms with Gasteiger partial charge in [0.2, 0.25) is 0 Å². The molecule has 34 heavy (non-hydrogen) atoms. The van der Waals surface area contributed by atoms with Gasteiger partial charge in [-0.05, 0) is 111 Å². The second-order valence-electron chi connectivity index (χ2n) is 11.6. The molecule has 0 heteroatoms. The van der Waals surface area contributed by atoms with E-state index in [0.29, 0.717) is 5.92 Å². The fourth-order valence-corrected chi connectivity index (χ4v) is 6.78. The second kappa shape index (κ2) is 13.3. The van der Waals surface area contributed by atoms with Gasteiger partial charge in [0, 0.05) is 0 Å². The zero-order valence-electron chi connectivity index (χ0n) is 21.9. The molecule has 0 aliphatic heterocycles. The molecule has 0 spiro atoms.